The molecule has 108 valence electrons. The molecule has 20 heavy (non-hydrogen) atoms. The summed E-state index contributed by atoms with van der Waals surface area (Å²) in [6.07, 6.45) is 0. The Morgan fingerprint density at radius 2 is 2.10 bits per heavy atom. The maximum atomic E-state index is 11.9. The van der Waals surface area contributed by atoms with E-state index in [9.17, 15) is 4.79 Å². The van der Waals surface area contributed by atoms with Crippen molar-refractivity contribution in [3.63, 3.8) is 0 Å². The zero-order valence-electron chi connectivity index (χ0n) is 12.1. The van der Waals surface area contributed by atoms with E-state index in [2.05, 4.69) is 10.3 Å². The van der Waals surface area contributed by atoms with Crippen molar-refractivity contribution in [3.05, 3.63) is 23.3 Å². The summed E-state index contributed by atoms with van der Waals surface area (Å²) >= 11 is 0. The van der Waals surface area contributed by atoms with Gasteiger partial charge in [-0.2, -0.15) is 0 Å². The molecule has 6 nitrogen and oxygen atoms in total. The lowest BCUT2D eigenvalue weighted by atomic mass is 10.1. The van der Waals surface area contributed by atoms with Gasteiger partial charge < -0.3 is 20.4 Å². The number of aromatic nitrogens is 2. The molecule has 0 atom stereocenters. The highest BCUT2D eigenvalue weighted by atomic mass is 16.5. The maximum Gasteiger partial charge on any atom is 0.240 e. The molecular formula is C14H20N4O2. The molecule has 0 aliphatic heterocycles. The number of nitrogens with zero attached hydrogens (tertiary/aromatic N) is 2. The summed E-state index contributed by atoms with van der Waals surface area (Å²) in [5.74, 6) is 0.248. The van der Waals surface area contributed by atoms with Crippen LogP contribution in [0, 0.1) is 13.8 Å². The molecule has 0 saturated carbocycles. The first-order chi connectivity index (χ1) is 9.52. The van der Waals surface area contributed by atoms with Crippen LogP contribution in [0.3, 0.4) is 0 Å². The van der Waals surface area contributed by atoms with Crippen LogP contribution in [0.2, 0.25) is 0 Å². The molecule has 0 radical (unpaired) electrons. The van der Waals surface area contributed by atoms with E-state index in [1.807, 2.05) is 26.0 Å². The van der Waals surface area contributed by atoms with Gasteiger partial charge in [0.05, 0.1) is 17.6 Å². The number of carbonyl (C=O) groups excluding carboxylic acids is 1. The van der Waals surface area contributed by atoms with Crippen LogP contribution in [0.15, 0.2) is 12.1 Å². The maximum absolute atomic E-state index is 11.9. The van der Waals surface area contributed by atoms with Crippen molar-refractivity contribution in [2.45, 2.75) is 20.4 Å². The van der Waals surface area contributed by atoms with Crippen LogP contribution in [-0.2, 0) is 16.1 Å². The minimum absolute atomic E-state index is 0.105. The molecule has 0 saturated heterocycles. The highest BCUT2D eigenvalue weighted by molar-refractivity contribution is 5.83. The predicted molar refractivity (Wildman–Crippen MR) is 78.5 cm³/mol. The molecule has 1 amide bonds. The zero-order chi connectivity index (χ0) is 14.7. The Balaban J connectivity index is 2.23. The average molecular weight is 276 g/mol. The molecule has 2 aromatic rings. The van der Waals surface area contributed by atoms with Gasteiger partial charge in [-0.1, -0.05) is 0 Å². The minimum Gasteiger partial charge on any atom is -0.383 e. The van der Waals surface area contributed by atoms with Crippen LogP contribution in [0.4, 0.5) is 5.95 Å². The van der Waals surface area contributed by atoms with E-state index in [1.54, 1.807) is 11.7 Å². The number of hydrogen-bond donors (Lipinski definition) is 2. The largest absolute Gasteiger partial charge is 0.383 e. The standard InChI is InChI=1S/C14H20N4O2/c1-9-6-11-12(7-10(9)2)18(14(15)17-11)8-13(19)16-4-5-20-3/h6-7H,4-5,8H2,1-3H3,(H2,15,17)(H,16,19). The monoisotopic (exact) mass is 276 g/mol. The Morgan fingerprint density at radius 1 is 1.40 bits per heavy atom. The molecule has 1 aromatic carbocycles. The second-order valence-corrected chi connectivity index (χ2v) is 4.82. The van der Waals surface area contributed by atoms with Crippen LogP contribution < -0.4 is 11.1 Å². The Morgan fingerprint density at radius 3 is 2.80 bits per heavy atom. The number of nitrogens with one attached hydrogen (secondary N) is 1. The number of anilines is 1. The van der Waals surface area contributed by atoms with E-state index in [0.29, 0.717) is 19.1 Å². The highest BCUT2D eigenvalue weighted by Gasteiger charge is 2.12. The van der Waals surface area contributed by atoms with Crippen molar-refractivity contribution in [1.82, 2.24) is 14.9 Å². The molecule has 1 aromatic heterocycles. The number of carbonyl (C=O) groups is 1. The lowest BCUT2D eigenvalue weighted by Gasteiger charge is -2.08. The molecule has 0 unspecified atom stereocenters. The third-order valence-corrected chi connectivity index (χ3v) is 3.32. The van der Waals surface area contributed by atoms with Gasteiger partial charge >= 0.3 is 0 Å². The van der Waals surface area contributed by atoms with Crippen LogP contribution in [0.5, 0.6) is 0 Å². The van der Waals surface area contributed by atoms with E-state index in [4.69, 9.17) is 10.5 Å². The Kier molecular flexibility index (Phi) is 4.24. The van der Waals surface area contributed by atoms with E-state index < -0.39 is 0 Å². The van der Waals surface area contributed by atoms with Crippen LogP contribution in [-0.4, -0.2) is 35.7 Å². The number of ether oxygens (including phenoxy) is 1. The van der Waals surface area contributed by atoms with Crippen LogP contribution >= 0.6 is 0 Å². The molecular weight excluding hydrogens is 256 g/mol. The number of fused-ring (bicyclic) bond motifs is 1. The van der Waals surface area contributed by atoms with Crippen molar-refractivity contribution in [2.24, 2.45) is 0 Å². The second kappa shape index (κ2) is 5.92. The van der Waals surface area contributed by atoms with Gasteiger partial charge in [0.1, 0.15) is 6.54 Å². The van der Waals surface area contributed by atoms with Crippen molar-refractivity contribution in [1.29, 1.82) is 0 Å². The molecule has 6 heteroatoms. The topological polar surface area (TPSA) is 82.2 Å². The summed E-state index contributed by atoms with van der Waals surface area (Å²) < 4.78 is 6.62. The van der Waals surface area contributed by atoms with Crippen molar-refractivity contribution in [2.75, 3.05) is 26.0 Å². The molecule has 0 aliphatic carbocycles. The highest BCUT2D eigenvalue weighted by Crippen LogP contribution is 2.21. The fraction of sp³-hybridized carbons (Fsp3) is 0.429. The summed E-state index contributed by atoms with van der Waals surface area (Å²) in [6.45, 7) is 5.20. The first kappa shape index (κ1) is 14.3. The first-order valence-electron chi connectivity index (χ1n) is 6.51. The molecule has 0 aliphatic rings. The lowest BCUT2D eigenvalue weighted by Crippen LogP contribution is -2.30. The van der Waals surface area contributed by atoms with Gasteiger partial charge in [0, 0.05) is 13.7 Å². The summed E-state index contributed by atoms with van der Waals surface area (Å²) in [6, 6.07) is 4.00. The summed E-state index contributed by atoms with van der Waals surface area (Å²) in [4.78, 5) is 16.2. The van der Waals surface area contributed by atoms with Gasteiger partial charge in [0.25, 0.3) is 0 Å². The van der Waals surface area contributed by atoms with Gasteiger partial charge in [-0.15, -0.1) is 0 Å². The molecule has 1 heterocycles. The minimum atomic E-state index is -0.105. The number of aryl methyl sites for hydroxylation is 2. The van der Waals surface area contributed by atoms with E-state index in [-0.39, 0.29) is 12.5 Å². The molecule has 3 N–H and O–H groups in total. The van der Waals surface area contributed by atoms with Crippen LogP contribution in [0.1, 0.15) is 11.1 Å². The average Bonchev–Trinajstić information content (AvgIpc) is 2.67. The van der Waals surface area contributed by atoms with E-state index in [1.165, 1.54) is 0 Å². The predicted octanol–water partition coefficient (Wildman–Crippen LogP) is 0.998. The third kappa shape index (κ3) is 2.91. The number of methoxy groups -OCH3 is 1. The fourth-order valence-corrected chi connectivity index (χ4v) is 2.06. The normalized spacial score (nSPS) is 10.9. The Bertz CT molecular complexity index is 634. The van der Waals surface area contributed by atoms with Crippen molar-refractivity contribution >= 4 is 22.9 Å². The number of imidazole rings is 1. The zero-order valence-corrected chi connectivity index (χ0v) is 12.1. The van der Waals surface area contributed by atoms with Crippen molar-refractivity contribution < 1.29 is 9.53 Å². The SMILES string of the molecule is COCCNC(=O)Cn1c(N)nc2cc(C)c(C)cc21. The quantitative estimate of drug-likeness (QED) is 0.798. The van der Waals surface area contributed by atoms with Crippen LogP contribution in [0.25, 0.3) is 11.0 Å². The van der Waals surface area contributed by atoms with E-state index in [0.717, 1.165) is 22.2 Å². The molecule has 0 fully saturated rings. The number of nitrogens with two attached hydrogens (primary N) is 1. The smallest absolute Gasteiger partial charge is 0.240 e. The van der Waals surface area contributed by atoms with Gasteiger partial charge in [-0.3, -0.25) is 4.79 Å². The third-order valence-electron chi connectivity index (χ3n) is 3.32. The summed E-state index contributed by atoms with van der Waals surface area (Å²) in [7, 11) is 1.60. The van der Waals surface area contributed by atoms with Gasteiger partial charge in [-0.05, 0) is 37.1 Å². The van der Waals surface area contributed by atoms with Gasteiger partial charge in [-0.25, -0.2) is 4.98 Å². The number of benzene rings is 1. The number of hydrogen-bond acceptors (Lipinski definition) is 4. The van der Waals surface area contributed by atoms with Crippen molar-refractivity contribution in [3.8, 4) is 0 Å². The van der Waals surface area contributed by atoms with E-state index >= 15 is 0 Å². The number of amides is 1. The summed E-state index contributed by atoms with van der Waals surface area (Å²) in [5.41, 5.74) is 9.91. The van der Waals surface area contributed by atoms with Gasteiger partial charge in [0.15, 0.2) is 0 Å². The Hall–Kier alpha value is -2.08. The second-order valence-electron chi connectivity index (χ2n) is 4.82. The molecule has 0 bridgehead atoms. The summed E-state index contributed by atoms with van der Waals surface area (Å²) in [5, 5.41) is 2.77. The fourth-order valence-electron chi connectivity index (χ4n) is 2.06. The number of rotatable bonds is 5. The lowest BCUT2D eigenvalue weighted by molar-refractivity contribution is -0.121. The molecule has 2 rings (SSSR count). The molecule has 0 spiro atoms. The Labute approximate surface area is 117 Å². The number of nitrogen functional groups attached to an aromatic ring is 1. The van der Waals surface area contributed by atoms with Gasteiger partial charge in [0.2, 0.25) is 11.9 Å². The first-order valence-corrected chi connectivity index (χ1v) is 6.51.